The zero-order valence-corrected chi connectivity index (χ0v) is 7.44. The summed E-state index contributed by atoms with van der Waals surface area (Å²) in [6.45, 7) is 0. The molecule has 8 heteroatoms. The van der Waals surface area contributed by atoms with E-state index in [2.05, 4.69) is 0 Å². The molecule has 0 aliphatic rings. The van der Waals surface area contributed by atoms with Gasteiger partial charge in [0.25, 0.3) is 12.0 Å². The van der Waals surface area contributed by atoms with E-state index in [4.69, 9.17) is 0 Å². The molecule has 1 N–H and O–H groups in total. The van der Waals surface area contributed by atoms with E-state index in [1.165, 1.54) is 0 Å². The van der Waals surface area contributed by atoms with Gasteiger partial charge >= 0.3 is 6.18 Å². The van der Waals surface area contributed by atoms with Crippen molar-refractivity contribution in [2.75, 3.05) is 0 Å². The zero-order valence-electron chi connectivity index (χ0n) is 7.44. The van der Waals surface area contributed by atoms with Crippen molar-refractivity contribution < 1.29 is 26.7 Å². The van der Waals surface area contributed by atoms with Gasteiger partial charge < -0.3 is 4.98 Å². The van der Waals surface area contributed by atoms with Gasteiger partial charge in [-0.2, -0.15) is 13.2 Å². The Hall–Kier alpha value is -1.73. The third-order valence-electron chi connectivity index (χ3n) is 1.79. The van der Waals surface area contributed by atoms with E-state index >= 15 is 0 Å². The zero-order chi connectivity index (χ0) is 12.5. The number of carbonyl (C=O) groups is 1. The number of carbonyl (C=O) groups excluding carboxylic acids is 1. The molecule has 0 aliphatic heterocycles. The second-order valence-corrected chi connectivity index (χ2v) is 2.78. The Morgan fingerprint density at radius 3 is 2.25 bits per heavy atom. The van der Waals surface area contributed by atoms with Gasteiger partial charge in [-0.3, -0.25) is 9.59 Å². The third-order valence-corrected chi connectivity index (χ3v) is 1.79. The van der Waals surface area contributed by atoms with E-state index < -0.39 is 34.9 Å². The van der Waals surface area contributed by atoms with Crippen LogP contribution in [-0.2, 0) is 6.18 Å². The number of aromatic nitrogens is 1. The number of aldehydes is 1. The van der Waals surface area contributed by atoms with E-state index in [9.17, 15) is 31.5 Å². The molecular weight excluding hydrogens is 237 g/mol. The maximum absolute atomic E-state index is 12.4. The fourth-order valence-corrected chi connectivity index (χ4v) is 1.17. The lowest BCUT2D eigenvalue weighted by Gasteiger charge is -2.12. The SMILES string of the molecule is O=Cc1c[nH]c(=O)c(C(F)(F)F)c1C(F)F. The predicted octanol–water partition coefficient (Wildman–Crippen LogP) is 2.14. The number of nitrogens with one attached hydrogen (secondary N) is 1. The van der Waals surface area contributed by atoms with Crippen LogP contribution in [-0.4, -0.2) is 11.3 Å². The minimum absolute atomic E-state index is 0.174. The Kier molecular flexibility index (Phi) is 3.11. The molecule has 0 saturated carbocycles. The number of alkyl halides is 5. The summed E-state index contributed by atoms with van der Waals surface area (Å²) in [7, 11) is 0. The van der Waals surface area contributed by atoms with Gasteiger partial charge in [0, 0.05) is 17.3 Å². The van der Waals surface area contributed by atoms with Crippen molar-refractivity contribution >= 4 is 6.29 Å². The first kappa shape index (κ1) is 12.3. The predicted molar refractivity (Wildman–Crippen MR) is 42.4 cm³/mol. The molecule has 0 amide bonds. The van der Waals surface area contributed by atoms with Gasteiger partial charge in [0.1, 0.15) is 5.56 Å². The van der Waals surface area contributed by atoms with Crippen LogP contribution in [0.25, 0.3) is 0 Å². The first-order chi connectivity index (χ1) is 7.29. The molecule has 0 aromatic carbocycles. The summed E-state index contributed by atoms with van der Waals surface area (Å²) in [6, 6.07) is 0. The van der Waals surface area contributed by atoms with Gasteiger partial charge in [0.2, 0.25) is 0 Å². The van der Waals surface area contributed by atoms with Gasteiger partial charge in [-0.1, -0.05) is 0 Å². The van der Waals surface area contributed by atoms with Crippen molar-refractivity contribution in [2.24, 2.45) is 0 Å². The highest BCUT2D eigenvalue weighted by molar-refractivity contribution is 5.77. The summed E-state index contributed by atoms with van der Waals surface area (Å²) in [5.41, 5.74) is -6.21. The van der Waals surface area contributed by atoms with Crippen LogP contribution in [0.15, 0.2) is 11.0 Å². The fraction of sp³-hybridized carbons (Fsp3) is 0.250. The molecule has 0 aliphatic carbocycles. The Bertz CT molecular complexity index is 462. The second kappa shape index (κ2) is 4.03. The van der Waals surface area contributed by atoms with Gasteiger partial charge in [0.15, 0.2) is 6.29 Å². The number of halogens is 5. The number of hydrogen-bond acceptors (Lipinski definition) is 2. The van der Waals surface area contributed by atoms with Crippen molar-refractivity contribution in [1.29, 1.82) is 0 Å². The summed E-state index contributed by atoms with van der Waals surface area (Å²) >= 11 is 0. The largest absolute Gasteiger partial charge is 0.422 e. The molecule has 0 atom stereocenters. The Labute approximate surface area is 84.9 Å². The summed E-state index contributed by atoms with van der Waals surface area (Å²) in [6.07, 6.45) is -8.45. The molecular formula is C8H4F5NO2. The van der Waals surface area contributed by atoms with Gasteiger partial charge in [-0.15, -0.1) is 0 Å². The van der Waals surface area contributed by atoms with E-state index in [0.717, 1.165) is 0 Å². The monoisotopic (exact) mass is 241 g/mol. The van der Waals surface area contributed by atoms with Gasteiger partial charge in [-0.05, 0) is 0 Å². The maximum Gasteiger partial charge on any atom is 0.422 e. The van der Waals surface area contributed by atoms with Crippen LogP contribution < -0.4 is 5.56 Å². The quantitative estimate of drug-likeness (QED) is 0.637. The molecule has 88 valence electrons. The molecule has 3 nitrogen and oxygen atoms in total. The highest BCUT2D eigenvalue weighted by atomic mass is 19.4. The first-order valence-electron chi connectivity index (χ1n) is 3.85. The number of H-pyrrole nitrogens is 1. The van der Waals surface area contributed by atoms with Crippen LogP contribution in [0.3, 0.4) is 0 Å². The number of rotatable bonds is 2. The van der Waals surface area contributed by atoms with Crippen molar-refractivity contribution in [1.82, 2.24) is 4.98 Å². The first-order valence-corrected chi connectivity index (χ1v) is 3.85. The standard InChI is InChI=1S/C8H4F5NO2/c9-6(10)4-3(2-15)1-14-7(16)5(4)8(11,12)13/h1-2,6H,(H,14,16). The van der Waals surface area contributed by atoms with Gasteiger partial charge in [0.05, 0.1) is 0 Å². The third kappa shape index (κ3) is 2.10. The van der Waals surface area contributed by atoms with Crippen molar-refractivity contribution in [3.63, 3.8) is 0 Å². The molecule has 1 heterocycles. The molecule has 1 aromatic heterocycles. The minimum Gasteiger partial charge on any atom is -0.328 e. The summed E-state index contributed by atoms with van der Waals surface area (Å²) in [4.78, 5) is 22.7. The second-order valence-electron chi connectivity index (χ2n) is 2.78. The normalized spacial score (nSPS) is 11.9. The Morgan fingerprint density at radius 1 is 1.31 bits per heavy atom. The van der Waals surface area contributed by atoms with Crippen LogP contribution in [0.1, 0.15) is 27.9 Å². The average Bonchev–Trinajstić information content (AvgIpc) is 2.15. The molecule has 1 rings (SSSR count). The van der Waals surface area contributed by atoms with Crippen molar-refractivity contribution in [3.05, 3.63) is 33.2 Å². The van der Waals surface area contributed by atoms with Crippen molar-refractivity contribution in [2.45, 2.75) is 12.6 Å². The van der Waals surface area contributed by atoms with E-state index in [0.29, 0.717) is 6.20 Å². The minimum atomic E-state index is -5.24. The number of hydrogen-bond donors (Lipinski definition) is 1. The number of aromatic amines is 1. The highest BCUT2D eigenvalue weighted by Crippen LogP contribution is 2.34. The van der Waals surface area contributed by atoms with Crippen LogP contribution in [0.4, 0.5) is 22.0 Å². The van der Waals surface area contributed by atoms with Crippen LogP contribution in [0.2, 0.25) is 0 Å². The van der Waals surface area contributed by atoms with E-state index in [-0.39, 0.29) is 6.29 Å². The highest BCUT2D eigenvalue weighted by Gasteiger charge is 2.40. The molecule has 0 fully saturated rings. The average molecular weight is 241 g/mol. The van der Waals surface area contributed by atoms with Crippen LogP contribution in [0.5, 0.6) is 0 Å². The number of pyridine rings is 1. The lowest BCUT2D eigenvalue weighted by Crippen LogP contribution is -2.25. The molecule has 0 radical (unpaired) electrons. The van der Waals surface area contributed by atoms with E-state index in [1.54, 1.807) is 4.98 Å². The Morgan fingerprint density at radius 2 is 1.88 bits per heavy atom. The van der Waals surface area contributed by atoms with Crippen molar-refractivity contribution in [3.8, 4) is 0 Å². The molecule has 1 aromatic rings. The lowest BCUT2D eigenvalue weighted by molar-refractivity contribution is -0.140. The van der Waals surface area contributed by atoms with E-state index in [1.807, 2.05) is 0 Å². The summed E-state index contributed by atoms with van der Waals surface area (Å²) < 4.78 is 61.7. The molecule has 16 heavy (non-hydrogen) atoms. The van der Waals surface area contributed by atoms with Crippen LogP contribution in [0, 0.1) is 0 Å². The topological polar surface area (TPSA) is 49.9 Å². The maximum atomic E-state index is 12.4. The lowest BCUT2D eigenvalue weighted by atomic mass is 10.1. The summed E-state index contributed by atoms with van der Waals surface area (Å²) in [5, 5.41) is 0. The molecule has 0 unspecified atom stereocenters. The molecule has 0 spiro atoms. The van der Waals surface area contributed by atoms with Crippen LogP contribution >= 0.6 is 0 Å². The molecule has 0 bridgehead atoms. The smallest absolute Gasteiger partial charge is 0.328 e. The van der Waals surface area contributed by atoms with Gasteiger partial charge in [-0.25, -0.2) is 8.78 Å². The fourth-order valence-electron chi connectivity index (χ4n) is 1.17. The Balaban J connectivity index is 3.68. The summed E-state index contributed by atoms with van der Waals surface area (Å²) in [5.74, 6) is 0. The molecule has 0 saturated heterocycles.